The fourth-order valence-corrected chi connectivity index (χ4v) is 7.71. The molecule has 1 unspecified atom stereocenters. The van der Waals surface area contributed by atoms with Crippen LogP contribution < -0.4 is 9.62 Å². The number of rotatable bonds is 12. The van der Waals surface area contributed by atoms with Crippen LogP contribution in [0.25, 0.3) is 0 Å². The number of nitrogens with zero attached hydrogens (tertiary/aromatic N) is 3. The second-order valence-corrected chi connectivity index (χ2v) is 12.2. The van der Waals surface area contributed by atoms with Crippen molar-refractivity contribution in [2.24, 2.45) is 0 Å². The maximum Gasteiger partial charge on any atom is 0.273 e. The highest BCUT2D eigenvalue weighted by Gasteiger charge is 2.33. The molecule has 1 aromatic carbocycles. The van der Waals surface area contributed by atoms with E-state index in [1.807, 2.05) is 25.3 Å². The van der Waals surface area contributed by atoms with Crippen LogP contribution in [0, 0.1) is 0 Å². The van der Waals surface area contributed by atoms with Crippen LogP contribution >= 0.6 is 22.7 Å². The summed E-state index contributed by atoms with van der Waals surface area (Å²) in [5.41, 5.74) is 2.63. The molecule has 0 aliphatic carbocycles. The smallest absolute Gasteiger partial charge is 0.273 e. The highest BCUT2D eigenvalue weighted by atomic mass is 32.2. The summed E-state index contributed by atoms with van der Waals surface area (Å²) in [6.07, 6.45) is 2.75. The van der Waals surface area contributed by atoms with Gasteiger partial charge in [-0.15, -0.1) is 22.7 Å². The Balaban J connectivity index is 1.61. The quantitative estimate of drug-likeness (QED) is 0.339. The third-order valence-electron chi connectivity index (χ3n) is 5.97. The molecule has 34 heavy (non-hydrogen) atoms. The van der Waals surface area contributed by atoms with E-state index in [1.54, 1.807) is 28.8 Å². The lowest BCUT2D eigenvalue weighted by atomic mass is 10.1. The summed E-state index contributed by atoms with van der Waals surface area (Å²) >= 11 is 2.96. The average molecular weight is 521 g/mol. The summed E-state index contributed by atoms with van der Waals surface area (Å²) in [7, 11) is -3.70. The molecule has 7 nitrogen and oxygen atoms in total. The lowest BCUT2D eigenvalue weighted by Gasteiger charge is -2.26. The third-order valence-corrected chi connectivity index (χ3v) is 10.2. The van der Waals surface area contributed by atoms with Crippen molar-refractivity contribution in [3.63, 3.8) is 0 Å². The molecule has 184 valence electrons. The molecule has 4 rings (SSSR count). The Morgan fingerprint density at radius 1 is 1.18 bits per heavy atom. The molecule has 0 bridgehead atoms. The molecule has 0 spiro atoms. The molecule has 1 atom stereocenters. The highest BCUT2D eigenvalue weighted by molar-refractivity contribution is 7.94. The van der Waals surface area contributed by atoms with Gasteiger partial charge in [-0.3, -0.25) is 9.21 Å². The van der Waals surface area contributed by atoms with Crippen molar-refractivity contribution in [2.45, 2.75) is 44.0 Å². The number of hydrogen-bond acceptors (Lipinski definition) is 8. The van der Waals surface area contributed by atoms with Gasteiger partial charge in [0.1, 0.15) is 9.22 Å². The predicted molar refractivity (Wildman–Crippen MR) is 141 cm³/mol. The van der Waals surface area contributed by atoms with Crippen LogP contribution in [0.2, 0.25) is 0 Å². The van der Waals surface area contributed by atoms with Gasteiger partial charge in [0, 0.05) is 30.6 Å². The van der Waals surface area contributed by atoms with Gasteiger partial charge < -0.3 is 10.1 Å². The van der Waals surface area contributed by atoms with E-state index in [1.165, 1.54) is 20.5 Å². The highest BCUT2D eigenvalue weighted by Crippen LogP contribution is 2.43. The van der Waals surface area contributed by atoms with Crippen molar-refractivity contribution in [1.29, 1.82) is 0 Å². The first-order valence-electron chi connectivity index (χ1n) is 11.7. The Kier molecular flexibility index (Phi) is 8.26. The minimum absolute atomic E-state index is 0.0322. The molecule has 3 aromatic rings. The number of aromatic nitrogens is 1. The summed E-state index contributed by atoms with van der Waals surface area (Å²) in [5.74, 6) is 0. The maximum absolute atomic E-state index is 13.5. The molecule has 0 fully saturated rings. The SMILES string of the molecule is CCOCCN(c1cccc2c1NC(c1ncc(CN(CC)CC)s1)C2)S(=O)(=O)c1cccs1. The van der Waals surface area contributed by atoms with Crippen LogP contribution in [0.1, 0.15) is 42.3 Å². The van der Waals surface area contributed by atoms with Gasteiger partial charge in [0.05, 0.1) is 30.6 Å². The number of anilines is 2. The van der Waals surface area contributed by atoms with E-state index in [-0.39, 0.29) is 12.6 Å². The van der Waals surface area contributed by atoms with Crippen molar-refractivity contribution in [1.82, 2.24) is 9.88 Å². The zero-order valence-electron chi connectivity index (χ0n) is 19.9. The Morgan fingerprint density at radius 2 is 2.00 bits per heavy atom. The normalized spacial score (nSPS) is 15.5. The number of nitrogens with one attached hydrogen (secondary N) is 1. The molecule has 2 aromatic heterocycles. The van der Waals surface area contributed by atoms with Crippen molar-refractivity contribution in [3.05, 3.63) is 57.4 Å². The molecule has 10 heteroatoms. The van der Waals surface area contributed by atoms with Crippen LogP contribution in [0.4, 0.5) is 11.4 Å². The molecule has 1 N–H and O–H groups in total. The van der Waals surface area contributed by atoms with E-state index >= 15 is 0 Å². The monoisotopic (exact) mass is 520 g/mol. The minimum Gasteiger partial charge on any atom is -0.380 e. The van der Waals surface area contributed by atoms with Gasteiger partial charge in [0.25, 0.3) is 10.0 Å². The number of thiophene rings is 1. The first-order valence-corrected chi connectivity index (χ1v) is 14.8. The third kappa shape index (κ3) is 5.31. The van der Waals surface area contributed by atoms with Crippen molar-refractivity contribution in [2.75, 3.05) is 42.5 Å². The Morgan fingerprint density at radius 3 is 2.71 bits per heavy atom. The predicted octanol–water partition coefficient (Wildman–Crippen LogP) is 4.99. The number of ether oxygens (including phenoxy) is 1. The van der Waals surface area contributed by atoms with E-state index < -0.39 is 10.0 Å². The van der Waals surface area contributed by atoms with Crippen LogP contribution in [0.3, 0.4) is 0 Å². The van der Waals surface area contributed by atoms with Gasteiger partial charge in [-0.05, 0) is 43.1 Å². The van der Waals surface area contributed by atoms with E-state index in [0.717, 1.165) is 42.3 Å². The summed E-state index contributed by atoms with van der Waals surface area (Å²) in [5, 5.41) is 6.41. The number of hydrogen-bond donors (Lipinski definition) is 1. The molecular weight excluding hydrogens is 488 g/mol. The molecule has 0 saturated heterocycles. The van der Waals surface area contributed by atoms with E-state index in [4.69, 9.17) is 9.72 Å². The van der Waals surface area contributed by atoms with Crippen LogP contribution in [-0.4, -0.2) is 51.1 Å². The van der Waals surface area contributed by atoms with E-state index in [9.17, 15) is 8.42 Å². The van der Waals surface area contributed by atoms with Gasteiger partial charge in [-0.1, -0.05) is 32.0 Å². The summed E-state index contributed by atoms with van der Waals surface area (Å²) in [4.78, 5) is 8.33. The summed E-state index contributed by atoms with van der Waals surface area (Å²) < 4.78 is 34.4. The van der Waals surface area contributed by atoms with Gasteiger partial charge in [0.2, 0.25) is 0 Å². The number of benzene rings is 1. The first kappa shape index (κ1) is 25.1. The summed E-state index contributed by atoms with van der Waals surface area (Å²) in [6.45, 7) is 10.3. The fraction of sp³-hybridized carbons (Fsp3) is 0.458. The van der Waals surface area contributed by atoms with Gasteiger partial charge in [0.15, 0.2) is 0 Å². The van der Waals surface area contributed by atoms with E-state index in [0.29, 0.717) is 23.1 Å². The van der Waals surface area contributed by atoms with Gasteiger partial charge in [-0.25, -0.2) is 13.4 Å². The zero-order chi connectivity index (χ0) is 24.1. The molecule has 0 radical (unpaired) electrons. The molecule has 0 saturated carbocycles. The van der Waals surface area contributed by atoms with Crippen LogP contribution in [0.5, 0.6) is 0 Å². The number of thiazole rings is 1. The molecule has 1 aliphatic rings. The molecule has 1 aliphatic heterocycles. The summed E-state index contributed by atoms with van der Waals surface area (Å²) in [6, 6.07) is 9.32. The molecular formula is C24H32N4O3S3. The van der Waals surface area contributed by atoms with Crippen molar-refractivity contribution >= 4 is 44.1 Å². The van der Waals surface area contributed by atoms with Crippen molar-refractivity contribution in [3.8, 4) is 0 Å². The lowest BCUT2D eigenvalue weighted by molar-refractivity contribution is 0.156. The fourth-order valence-electron chi connectivity index (χ4n) is 4.13. The van der Waals surface area contributed by atoms with Gasteiger partial charge in [-0.2, -0.15) is 0 Å². The largest absolute Gasteiger partial charge is 0.380 e. The maximum atomic E-state index is 13.5. The lowest BCUT2D eigenvalue weighted by Crippen LogP contribution is -2.34. The standard InChI is InChI=1S/C24H32N4O3S3/c1-4-27(5-2)17-19-16-25-24(33-19)20-15-18-9-7-10-21(23(18)26-20)28(12-13-31-6-3)34(29,30)22-11-8-14-32-22/h7-11,14,16,20,26H,4-6,12-13,15,17H2,1-3H3. The second kappa shape index (κ2) is 11.2. The van der Waals surface area contributed by atoms with Crippen LogP contribution in [0.15, 0.2) is 46.1 Å². The number of fused-ring (bicyclic) bond motifs is 1. The topological polar surface area (TPSA) is 74.8 Å². The van der Waals surface area contributed by atoms with Gasteiger partial charge >= 0.3 is 0 Å². The molecule has 0 amide bonds. The van der Waals surface area contributed by atoms with Crippen molar-refractivity contribution < 1.29 is 13.2 Å². The Hall–Kier alpha value is -1.98. The second-order valence-electron chi connectivity index (χ2n) is 8.04. The number of para-hydroxylation sites is 1. The van der Waals surface area contributed by atoms with Crippen LogP contribution in [-0.2, 0) is 27.7 Å². The average Bonchev–Trinajstić information content (AvgIpc) is 3.60. The van der Waals surface area contributed by atoms with E-state index in [2.05, 4.69) is 30.1 Å². The first-order chi connectivity index (χ1) is 16.5. The number of sulfonamides is 1. The zero-order valence-corrected chi connectivity index (χ0v) is 22.3. The molecule has 3 heterocycles. The Labute approximate surface area is 210 Å². The minimum atomic E-state index is -3.70. The Bertz CT molecular complexity index is 1170.